The van der Waals surface area contributed by atoms with Crippen LogP contribution in [-0.2, 0) is 7.05 Å². The summed E-state index contributed by atoms with van der Waals surface area (Å²) >= 11 is 0. The zero-order valence-corrected chi connectivity index (χ0v) is 12.0. The van der Waals surface area contributed by atoms with E-state index >= 15 is 0 Å². The zero-order chi connectivity index (χ0) is 13.7. The van der Waals surface area contributed by atoms with E-state index in [0.717, 1.165) is 6.54 Å². The summed E-state index contributed by atoms with van der Waals surface area (Å²) in [7, 11) is 4.17. The summed E-state index contributed by atoms with van der Waals surface area (Å²) in [6.07, 6.45) is 9.64. The minimum atomic E-state index is 1.10. The second-order valence-electron chi connectivity index (χ2n) is 4.96. The average molecular weight is 254 g/mol. The van der Waals surface area contributed by atoms with E-state index < -0.39 is 0 Å². The molecule has 0 aliphatic carbocycles. The summed E-state index contributed by atoms with van der Waals surface area (Å²) < 4.78 is 2.06. The topological polar surface area (TPSA) is 8.17 Å². The third kappa shape index (κ3) is 3.75. The smallest absolute Gasteiger partial charge is 0.0364 e. The van der Waals surface area contributed by atoms with Crippen molar-refractivity contribution in [3.63, 3.8) is 0 Å². The lowest BCUT2D eigenvalue weighted by atomic mass is 10.1. The van der Waals surface area contributed by atoms with Gasteiger partial charge in [-0.15, -0.1) is 0 Å². The van der Waals surface area contributed by atoms with Gasteiger partial charge in [-0.2, -0.15) is 0 Å². The molecule has 2 nitrogen and oxygen atoms in total. The van der Waals surface area contributed by atoms with Gasteiger partial charge in [0.05, 0.1) is 0 Å². The Balaban J connectivity index is 2.04. The summed E-state index contributed by atoms with van der Waals surface area (Å²) in [4.78, 5) is 2.28. The second-order valence-corrected chi connectivity index (χ2v) is 4.96. The summed E-state index contributed by atoms with van der Waals surface area (Å²) in [5.41, 5.74) is 3.74. The standard InChI is InChI=1S/C17H22N2/c1-4-12-19(3)17-9-7-15(8-10-17)5-6-16-11-13-18(2)14-16/h5-11,13-14H,4,12H2,1-3H3/b6-5+. The van der Waals surface area contributed by atoms with Crippen LogP contribution in [-0.4, -0.2) is 18.2 Å². The highest BCUT2D eigenvalue weighted by atomic mass is 15.1. The van der Waals surface area contributed by atoms with Crippen LogP contribution in [0.25, 0.3) is 12.2 Å². The molecule has 0 amide bonds. The molecule has 19 heavy (non-hydrogen) atoms. The highest BCUT2D eigenvalue weighted by Gasteiger charge is 1.98. The third-order valence-electron chi connectivity index (χ3n) is 3.22. The Kier molecular flexibility index (Phi) is 4.45. The van der Waals surface area contributed by atoms with Gasteiger partial charge in [0.25, 0.3) is 0 Å². The van der Waals surface area contributed by atoms with Gasteiger partial charge in [0, 0.05) is 38.7 Å². The van der Waals surface area contributed by atoms with Gasteiger partial charge in [0.2, 0.25) is 0 Å². The van der Waals surface area contributed by atoms with Gasteiger partial charge in [-0.1, -0.05) is 31.2 Å². The van der Waals surface area contributed by atoms with Crippen LogP contribution in [0.2, 0.25) is 0 Å². The number of rotatable bonds is 5. The van der Waals surface area contributed by atoms with E-state index in [1.54, 1.807) is 0 Å². The van der Waals surface area contributed by atoms with Crippen LogP contribution in [0.1, 0.15) is 24.5 Å². The largest absolute Gasteiger partial charge is 0.375 e. The Morgan fingerprint density at radius 2 is 1.74 bits per heavy atom. The van der Waals surface area contributed by atoms with Crippen molar-refractivity contribution in [3.8, 4) is 0 Å². The quantitative estimate of drug-likeness (QED) is 0.781. The Morgan fingerprint density at radius 3 is 2.32 bits per heavy atom. The molecule has 1 aromatic carbocycles. The lowest BCUT2D eigenvalue weighted by Gasteiger charge is -2.18. The third-order valence-corrected chi connectivity index (χ3v) is 3.22. The highest BCUT2D eigenvalue weighted by Crippen LogP contribution is 2.16. The van der Waals surface area contributed by atoms with Gasteiger partial charge in [-0.25, -0.2) is 0 Å². The average Bonchev–Trinajstić information content (AvgIpc) is 2.83. The van der Waals surface area contributed by atoms with Crippen molar-refractivity contribution < 1.29 is 0 Å². The van der Waals surface area contributed by atoms with E-state index in [0.29, 0.717) is 0 Å². The number of hydrogen-bond acceptors (Lipinski definition) is 1. The maximum Gasteiger partial charge on any atom is 0.0364 e. The predicted octanol–water partition coefficient (Wildman–Crippen LogP) is 4.04. The monoisotopic (exact) mass is 254 g/mol. The molecule has 2 rings (SSSR count). The van der Waals surface area contributed by atoms with Gasteiger partial charge in [0.15, 0.2) is 0 Å². The molecule has 2 aromatic rings. The van der Waals surface area contributed by atoms with E-state index in [1.165, 1.54) is 23.2 Å². The second kappa shape index (κ2) is 6.28. The Hall–Kier alpha value is -1.96. The molecule has 2 heteroatoms. The van der Waals surface area contributed by atoms with Crippen molar-refractivity contribution in [1.82, 2.24) is 4.57 Å². The molecule has 1 heterocycles. The van der Waals surface area contributed by atoms with Crippen molar-refractivity contribution in [3.05, 3.63) is 53.9 Å². The lowest BCUT2D eigenvalue weighted by Crippen LogP contribution is -2.17. The number of benzene rings is 1. The molecule has 0 atom stereocenters. The minimum absolute atomic E-state index is 1.10. The summed E-state index contributed by atoms with van der Waals surface area (Å²) in [5.74, 6) is 0. The predicted molar refractivity (Wildman–Crippen MR) is 84.3 cm³/mol. The fourth-order valence-electron chi connectivity index (χ4n) is 2.12. The van der Waals surface area contributed by atoms with Crippen molar-refractivity contribution in [2.75, 3.05) is 18.5 Å². The first kappa shape index (κ1) is 13.5. The minimum Gasteiger partial charge on any atom is -0.375 e. The molecule has 0 saturated heterocycles. The number of aromatic nitrogens is 1. The van der Waals surface area contributed by atoms with E-state index in [9.17, 15) is 0 Å². The van der Waals surface area contributed by atoms with Gasteiger partial charge in [0.1, 0.15) is 0 Å². The van der Waals surface area contributed by atoms with Crippen molar-refractivity contribution in [1.29, 1.82) is 0 Å². The van der Waals surface area contributed by atoms with Gasteiger partial charge in [-0.3, -0.25) is 0 Å². The zero-order valence-electron chi connectivity index (χ0n) is 12.0. The maximum absolute atomic E-state index is 2.28. The first-order valence-corrected chi connectivity index (χ1v) is 6.80. The van der Waals surface area contributed by atoms with Crippen LogP contribution in [0.3, 0.4) is 0 Å². The number of anilines is 1. The molecule has 0 aliphatic rings. The number of nitrogens with zero attached hydrogens (tertiary/aromatic N) is 2. The Morgan fingerprint density at radius 1 is 1.05 bits per heavy atom. The van der Waals surface area contributed by atoms with Crippen molar-refractivity contribution in [2.45, 2.75) is 13.3 Å². The van der Waals surface area contributed by atoms with Gasteiger partial charge < -0.3 is 9.47 Å². The van der Waals surface area contributed by atoms with Gasteiger partial charge >= 0.3 is 0 Å². The fraction of sp³-hybridized carbons (Fsp3) is 0.294. The molecule has 0 unspecified atom stereocenters. The normalized spacial score (nSPS) is 11.1. The molecule has 0 fully saturated rings. The number of aryl methyl sites for hydroxylation is 1. The van der Waals surface area contributed by atoms with Crippen LogP contribution < -0.4 is 4.90 Å². The first-order valence-electron chi connectivity index (χ1n) is 6.80. The van der Waals surface area contributed by atoms with Crippen LogP contribution in [0.5, 0.6) is 0 Å². The molecule has 0 spiro atoms. The van der Waals surface area contributed by atoms with Crippen LogP contribution >= 0.6 is 0 Å². The molecular weight excluding hydrogens is 232 g/mol. The molecular formula is C17H22N2. The maximum atomic E-state index is 2.28. The van der Waals surface area contributed by atoms with Crippen LogP contribution in [0, 0.1) is 0 Å². The molecule has 0 saturated carbocycles. The first-order chi connectivity index (χ1) is 9.19. The van der Waals surface area contributed by atoms with E-state index in [2.05, 4.69) is 78.3 Å². The van der Waals surface area contributed by atoms with Crippen molar-refractivity contribution >= 4 is 17.8 Å². The van der Waals surface area contributed by atoms with Crippen LogP contribution in [0.4, 0.5) is 5.69 Å². The summed E-state index contributed by atoms with van der Waals surface area (Å²) in [5, 5.41) is 0. The molecule has 0 aliphatic heterocycles. The van der Waals surface area contributed by atoms with E-state index in [-0.39, 0.29) is 0 Å². The molecule has 0 N–H and O–H groups in total. The van der Waals surface area contributed by atoms with Crippen LogP contribution in [0.15, 0.2) is 42.7 Å². The fourth-order valence-corrected chi connectivity index (χ4v) is 2.12. The van der Waals surface area contributed by atoms with Crippen molar-refractivity contribution in [2.24, 2.45) is 7.05 Å². The number of hydrogen-bond donors (Lipinski definition) is 0. The highest BCUT2D eigenvalue weighted by molar-refractivity contribution is 5.70. The van der Waals surface area contributed by atoms with E-state index in [4.69, 9.17) is 0 Å². The molecule has 0 bridgehead atoms. The Bertz CT molecular complexity index is 535. The van der Waals surface area contributed by atoms with Gasteiger partial charge in [-0.05, 0) is 35.7 Å². The molecule has 1 aromatic heterocycles. The lowest BCUT2D eigenvalue weighted by molar-refractivity contribution is 0.852. The molecule has 100 valence electrons. The van der Waals surface area contributed by atoms with E-state index in [1.807, 2.05) is 7.05 Å². The SMILES string of the molecule is CCCN(C)c1ccc(/C=C/c2ccn(C)c2)cc1. The summed E-state index contributed by atoms with van der Waals surface area (Å²) in [6, 6.07) is 10.8. The summed E-state index contributed by atoms with van der Waals surface area (Å²) in [6.45, 7) is 3.30. The molecule has 0 radical (unpaired) electrons. The Labute approximate surface area is 116 Å².